The molecule has 0 amide bonds. The van der Waals surface area contributed by atoms with Gasteiger partial charge in [0.15, 0.2) is 0 Å². The summed E-state index contributed by atoms with van der Waals surface area (Å²) in [5, 5.41) is 5.20. The highest BCUT2D eigenvalue weighted by molar-refractivity contribution is 7.28. The van der Waals surface area contributed by atoms with Gasteiger partial charge in [-0.1, -0.05) is 51.1 Å². The van der Waals surface area contributed by atoms with Crippen LogP contribution in [0.3, 0.4) is 0 Å². The van der Waals surface area contributed by atoms with Crippen LogP contribution in [0.4, 0.5) is 0 Å². The lowest BCUT2D eigenvalue weighted by Gasteiger charge is -2.22. The minimum atomic E-state index is 0.0418. The molecule has 158 valence electrons. The van der Waals surface area contributed by atoms with Crippen LogP contribution in [-0.4, -0.2) is 9.97 Å². The van der Waals surface area contributed by atoms with Crippen LogP contribution in [0.2, 0.25) is 0 Å². The first-order valence-corrected chi connectivity index (χ1v) is 12.6. The fraction of sp³-hybridized carbons (Fsp3) is 0.214. The number of aromatic nitrogens is 2. The summed E-state index contributed by atoms with van der Waals surface area (Å²) < 4.78 is 3.81. The van der Waals surface area contributed by atoms with Crippen molar-refractivity contribution < 1.29 is 0 Å². The Labute approximate surface area is 195 Å². The molecule has 0 atom stereocenters. The molecule has 0 unspecified atom stereocenters. The predicted octanol–water partition coefficient (Wildman–Crippen LogP) is 8.79. The number of thiophene rings is 2. The van der Waals surface area contributed by atoms with Crippen LogP contribution in [-0.2, 0) is 5.41 Å². The van der Waals surface area contributed by atoms with Crippen molar-refractivity contribution in [2.75, 3.05) is 0 Å². The Morgan fingerprint density at radius 1 is 0.812 bits per heavy atom. The number of benzene rings is 3. The van der Waals surface area contributed by atoms with Gasteiger partial charge in [0.1, 0.15) is 6.33 Å². The maximum atomic E-state index is 4.81. The lowest BCUT2D eigenvalue weighted by atomic mass is 9.82. The Kier molecular flexibility index (Phi) is 4.24. The zero-order chi connectivity index (χ0) is 22.2. The van der Waals surface area contributed by atoms with Crippen molar-refractivity contribution in [3.63, 3.8) is 0 Å². The molecule has 6 aromatic rings. The second-order valence-corrected chi connectivity index (χ2v) is 11.9. The predicted molar refractivity (Wildman–Crippen MR) is 141 cm³/mol. The number of nitrogens with zero attached hydrogens (tertiary/aromatic N) is 2. The quantitative estimate of drug-likeness (QED) is 0.249. The molecular weight excluding hydrogens is 428 g/mol. The zero-order valence-electron chi connectivity index (χ0n) is 18.9. The van der Waals surface area contributed by atoms with Crippen LogP contribution in [0.5, 0.6) is 0 Å². The molecule has 4 heteroatoms. The highest BCUT2D eigenvalue weighted by Gasteiger charge is 2.21. The fourth-order valence-electron chi connectivity index (χ4n) is 4.73. The summed E-state index contributed by atoms with van der Waals surface area (Å²) in [6, 6.07) is 17.8. The molecule has 0 spiro atoms. The number of hydrogen-bond donors (Lipinski definition) is 0. The average Bonchev–Trinajstić information content (AvgIpc) is 3.29. The molecule has 2 nitrogen and oxygen atoms in total. The van der Waals surface area contributed by atoms with Gasteiger partial charge in [0.05, 0.1) is 15.9 Å². The molecule has 0 bridgehead atoms. The standard InChI is InChI=1S/C28H24N2S2/c1-15-16(2)31-26-19(15)10-11-22-23(26)25-27(32-22)24(29-14-30-25)18-12-17-8-6-7-9-20(17)21(13-18)28(3,4)5/h6-14H,1-5H3. The number of aryl methyl sites for hydroxylation is 2. The first-order chi connectivity index (χ1) is 15.3. The van der Waals surface area contributed by atoms with Crippen molar-refractivity contribution in [1.29, 1.82) is 0 Å². The second kappa shape index (κ2) is 6.84. The van der Waals surface area contributed by atoms with E-state index in [1.165, 1.54) is 57.2 Å². The SMILES string of the molecule is Cc1sc2c(ccc3sc4c(-c5cc(C(C)(C)C)c6ccccc6c5)ncnc4c32)c1C. The molecule has 6 rings (SSSR count). The highest BCUT2D eigenvalue weighted by atomic mass is 32.1. The number of hydrogen-bond acceptors (Lipinski definition) is 4. The van der Waals surface area contributed by atoms with Gasteiger partial charge in [0.2, 0.25) is 0 Å². The first-order valence-electron chi connectivity index (χ1n) is 10.9. The van der Waals surface area contributed by atoms with Gasteiger partial charge in [0.25, 0.3) is 0 Å². The van der Waals surface area contributed by atoms with Gasteiger partial charge >= 0.3 is 0 Å². The van der Waals surface area contributed by atoms with Crippen LogP contribution in [0.25, 0.3) is 52.4 Å². The lowest BCUT2D eigenvalue weighted by molar-refractivity contribution is 0.596. The lowest BCUT2D eigenvalue weighted by Crippen LogP contribution is -2.12. The summed E-state index contributed by atoms with van der Waals surface area (Å²) in [4.78, 5) is 11.0. The van der Waals surface area contributed by atoms with E-state index in [1.807, 2.05) is 22.7 Å². The van der Waals surface area contributed by atoms with Crippen LogP contribution in [0.15, 0.2) is 54.9 Å². The van der Waals surface area contributed by atoms with E-state index in [0.717, 1.165) is 11.2 Å². The summed E-state index contributed by atoms with van der Waals surface area (Å²) >= 11 is 3.70. The molecule has 32 heavy (non-hydrogen) atoms. The van der Waals surface area contributed by atoms with Crippen molar-refractivity contribution in [3.8, 4) is 11.3 Å². The largest absolute Gasteiger partial charge is 0.235 e. The molecule has 0 fully saturated rings. The van der Waals surface area contributed by atoms with Crippen LogP contribution in [0, 0.1) is 13.8 Å². The molecule has 3 aromatic carbocycles. The van der Waals surface area contributed by atoms with E-state index in [-0.39, 0.29) is 5.41 Å². The van der Waals surface area contributed by atoms with E-state index in [0.29, 0.717) is 0 Å². The molecule has 0 N–H and O–H groups in total. The summed E-state index contributed by atoms with van der Waals surface area (Å²) in [5.41, 5.74) is 6.05. The van der Waals surface area contributed by atoms with Gasteiger partial charge in [-0.05, 0) is 64.7 Å². The smallest absolute Gasteiger partial charge is 0.116 e. The van der Waals surface area contributed by atoms with Gasteiger partial charge < -0.3 is 0 Å². The fourth-order valence-corrected chi connectivity index (χ4v) is 7.18. The Hall–Kier alpha value is -2.82. The van der Waals surface area contributed by atoms with E-state index in [1.54, 1.807) is 6.33 Å². The molecular formula is C28H24N2S2. The maximum absolute atomic E-state index is 4.81. The molecule has 0 radical (unpaired) electrons. The van der Waals surface area contributed by atoms with E-state index in [2.05, 4.69) is 83.1 Å². The van der Waals surface area contributed by atoms with Crippen molar-refractivity contribution in [3.05, 3.63) is 70.9 Å². The van der Waals surface area contributed by atoms with Gasteiger partial charge in [0, 0.05) is 25.2 Å². The van der Waals surface area contributed by atoms with Crippen LogP contribution in [0.1, 0.15) is 36.8 Å². The first kappa shape index (κ1) is 19.8. The van der Waals surface area contributed by atoms with Crippen molar-refractivity contribution in [1.82, 2.24) is 9.97 Å². The third kappa shape index (κ3) is 2.83. The number of fused-ring (bicyclic) bond motifs is 6. The third-order valence-corrected chi connectivity index (χ3v) is 8.89. The zero-order valence-corrected chi connectivity index (χ0v) is 20.5. The molecule has 3 heterocycles. The Balaban J connectivity index is 1.71. The molecule has 0 aliphatic heterocycles. The third-order valence-electron chi connectivity index (χ3n) is 6.50. The van der Waals surface area contributed by atoms with Crippen LogP contribution >= 0.6 is 22.7 Å². The van der Waals surface area contributed by atoms with E-state index >= 15 is 0 Å². The summed E-state index contributed by atoms with van der Waals surface area (Å²) in [7, 11) is 0. The van der Waals surface area contributed by atoms with E-state index < -0.39 is 0 Å². The molecule has 0 aliphatic carbocycles. The second-order valence-electron chi connectivity index (χ2n) is 9.60. The van der Waals surface area contributed by atoms with E-state index in [9.17, 15) is 0 Å². The molecule has 3 aromatic heterocycles. The molecule has 0 saturated heterocycles. The molecule has 0 saturated carbocycles. The minimum Gasteiger partial charge on any atom is -0.235 e. The van der Waals surface area contributed by atoms with Gasteiger partial charge in [-0.15, -0.1) is 22.7 Å². The van der Waals surface area contributed by atoms with Crippen LogP contribution < -0.4 is 0 Å². The maximum Gasteiger partial charge on any atom is 0.116 e. The average molecular weight is 453 g/mol. The monoisotopic (exact) mass is 452 g/mol. The Bertz CT molecular complexity index is 1680. The Morgan fingerprint density at radius 2 is 1.62 bits per heavy atom. The highest BCUT2D eigenvalue weighted by Crippen LogP contribution is 2.45. The Morgan fingerprint density at radius 3 is 2.44 bits per heavy atom. The topological polar surface area (TPSA) is 25.8 Å². The van der Waals surface area contributed by atoms with Gasteiger partial charge in [-0.25, -0.2) is 9.97 Å². The van der Waals surface area contributed by atoms with Crippen molar-refractivity contribution >= 4 is 63.8 Å². The minimum absolute atomic E-state index is 0.0418. The molecule has 0 aliphatic rings. The van der Waals surface area contributed by atoms with Gasteiger partial charge in [-0.3, -0.25) is 0 Å². The van der Waals surface area contributed by atoms with E-state index in [4.69, 9.17) is 9.97 Å². The van der Waals surface area contributed by atoms with Crippen molar-refractivity contribution in [2.45, 2.75) is 40.0 Å². The number of rotatable bonds is 1. The van der Waals surface area contributed by atoms with Gasteiger partial charge in [-0.2, -0.15) is 0 Å². The summed E-state index contributed by atoms with van der Waals surface area (Å²) in [6.07, 6.45) is 1.74. The van der Waals surface area contributed by atoms with Crippen molar-refractivity contribution in [2.24, 2.45) is 0 Å². The summed E-state index contributed by atoms with van der Waals surface area (Å²) in [6.45, 7) is 11.3. The normalized spacial score (nSPS) is 12.5. The summed E-state index contributed by atoms with van der Waals surface area (Å²) in [5.74, 6) is 0.